The van der Waals surface area contributed by atoms with Crippen LogP contribution in [0.2, 0.25) is 0 Å². The molecule has 2 unspecified atom stereocenters. The summed E-state index contributed by atoms with van der Waals surface area (Å²) in [7, 11) is 0. The Kier molecular flexibility index (Phi) is 3.59. The number of halogens is 1. The van der Waals surface area contributed by atoms with E-state index in [4.69, 9.17) is 21.8 Å². The van der Waals surface area contributed by atoms with Crippen molar-refractivity contribution in [3.05, 3.63) is 23.3 Å². The van der Waals surface area contributed by atoms with E-state index in [0.29, 0.717) is 5.03 Å². The zero-order valence-corrected chi connectivity index (χ0v) is 9.36. The Bertz CT molecular complexity index is 373. The van der Waals surface area contributed by atoms with Gasteiger partial charge in [0.15, 0.2) is 0 Å². The fourth-order valence-corrected chi connectivity index (χ4v) is 1.93. The van der Waals surface area contributed by atoms with E-state index in [2.05, 4.69) is 5.32 Å². The highest BCUT2D eigenvalue weighted by atomic mass is 35.5. The van der Waals surface area contributed by atoms with Crippen molar-refractivity contribution in [2.75, 3.05) is 0 Å². The van der Waals surface area contributed by atoms with Gasteiger partial charge in [-0.25, -0.2) is 4.79 Å². The molecule has 1 aliphatic carbocycles. The van der Waals surface area contributed by atoms with Crippen LogP contribution in [-0.4, -0.2) is 27.8 Å². The van der Waals surface area contributed by atoms with E-state index in [1.165, 1.54) is 13.0 Å². The topological polar surface area (TPSA) is 86.6 Å². The maximum atomic E-state index is 11.0. The highest BCUT2D eigenvalue weighted by Crippen LogP contribution is 2.32. The molecule has 3 N–H and O–H groups in total. The second-order valence-corrected chi connectivity index (χ2v) is 4.17. The third-order valence-electron chi connectivity index (χ3n) is 2.61. The van der Waals surface area contributed by atoms with Crippen molar-refractivity contribution < 1.29 is 19.8 Å². The lowest BCUT2D eigenvalue weighted by Gasteiger charge is -2.35. The van der Waals surface area contributed by atoms with Gasteiger partial charge in [0.25, 0.3) is 0 Å². The third kappa shape index (κ3) is 2.55. The molecule has 1 aliphatic rings. The molecular formula is C10H12ClNO4. The van der Waals surface area contributed by atoms with Crippen molar-refractivity contribution in [2.24, 2.45) is 5.92 Å². The number of hydrogen-bond donors (Lipinski definition) is 3. The number of carboxylic acids is 1. The lowest BCUT2D eigenvalue weighted by Crippen LogP contribution is -2.54. The Morgan fingerprint density at radius 1 is 1.56 bits per heavy atom. The minimum atomic E-state index is -1.27. The summed E-state index contributed by atoms with van der Waals surface area (Å²) in [5.74, 6) is -1.98. The molecule has 5 nitrogen and oxygen atoms in total. The number of allylic oxidation sites excluding steroid dienone is 2. The van der Waals surface area contributed by atoms with Crippen LogP contribution in [0.4, 0.5) is 4.79 Å². The average molecular weight is 246 g/mol. The minimum Gasteiger partial charge on any atom is -0.481 e. The second-order valence-electron chi connectivity index (χ2n) is 3.68. The van der Waals surface area contributed by atoms with Gasteiger partial charge in [-0.15, -0.1) is 0 Å². The number of hydrogen-bond acceptors (Lipinski definition) is 2. The van der Waals surface area contributed by atoms with Crippen LogP contribution in [0.1, 0.15) is 13.3 Å². The van der Waals surface area contributed by atoms with E-state index in [1.54, 1.807) is 12.2 Å². The first-order valence-corrected chi connectivity index (χ1v) is 5.03. The van der Waals surface area contributed by atoms with Gasteiger partial charge in [-0.3, -0.25) is 4.79 Å². The summed E-state index contributed by atoms with van der Waals surface area (Å²) < 4.78 is 0. The molecular weight excluding hydrogens is 234 g/mol. The summed E-state index contributed by atoms with van der Waals surface area (Å²) in [5.41, 5.74) is -1.18. The quantitative estimate of drug-likeness (QED) is 0.708. The van der Waals surface area contributed by atoms with Crippen molar-refractivity contribution >= 4 is 23.7 Å². The molecule has 0 bridgehead atoms. The van der Waals surface area contributed by atoms with Gasteiger partial charge in [0.05, 0.1) is 11.5 Å². The zero-order chi connectivity index (χ0) is 12.3. The first kappa shape index (κ1) is 12.6. The number of rotatable bonds is 3. The van der Waals surface area contributed by atoms with Gasteiger partial charge >= 0.3 is 12.1 Å². The first-order valence-electron chi connectivity index (χ1n) is 4.65. The van der Waals surface area contributed by atoms with Gasteiger partial charge in [-0.2, -0.15) is 0 Å². The Labute approximate surface area is 97.4 Å². The fraction of sp³-hybridized carbons (Fsp3) is 0.400. The standard InChI is InChI=1S/C10H12ClNO4/c1-6(8(13)14)10(12-9(15)16)4-2-3-7(11)5-10/h2-4,6,12H,5H2,1H3,(H,13,14)(H,15,16). The second kappa shape index (κ2) is 4.57. The Balaban J connectivity index is 3.04. The zero-order valence-electron chi connectivity index (χ0n) is 8.61. The van der Waals surface area contributed by atoms with E-state index >= 15 is 0 Å². The van der Waals surface area contributed by atoms with Crippen molar-refractivity contribution in [1.82, 2.24) is 5.32 Å². The number of aliphatic carboxylic acids is 1. The van der Waals surface area contributed by atoms with Crippen LogP contribution >= 0.6 is 11.6 Å². The summed E-state index contributed by atoms with van der Waals surface area (Å²) in [4.78, 5) is 21.7. The molecule has 0 fully saturated rings. The fourth-order valence-electron chi connectivity index (χ4n) is 1.63. The Morgan fingerprint density at radius 3 is 2.62 bits per heavy atom. The normalized spacial score (nSPS) is 25.8. The van der Waals surface area contributed by atoms with Crippen molar-refractivity contribution in [1.29, 1.82) is 0 Å². The molecule has 0 radical (unpaired) electrons. The predicted octanol–water partition coefficient (Wildman–Crippen LogP) is 1.80. The molecule has 16 heavy (non-hydrogen) atoms. The van der Waals surface area contributed by atoms with Crippen LogP contribution in [0.5, 0.6) is 0 Å². The van der Waals surface area contributed by atoms with Gasteiger partial charge < -0.3 is 15.5 Å². The van der Waals surface area contributed by atoms with Crippen LogP contribution in [0.15, 0.2) is 23.3 Å². The van der Waals surface area contributed by atoms with Gasteiger partial charge in [0.2, 0.25) is 0 Å². The van der Waals surface area contributed by atoms with Gasteiger partial charge in [0.1, 0.15) is 0 Å². The van der Waals surface area contributed by atoms with E-state index in [9.17, 15) is 9.59 Å². The largest absolute Gasteiger partial charge is 0.481 e. The van der Waals surface area contributed by atoms with Crippen LogP contribution in [-0.2, 0) is 4.79 Å². The van der Waals surface area contributed by atoms with Gasteiger partial charge in [-0.1, -0.05) is 23.8 Å². The summed E-state index contributed by atoms with van der Waals surface area (Å²) in [5, 5.41) is 20.4. The maximum absolute atomic E-state index is 11.0. The third-order valence-corrected chi connectivity index (χ3v) is 2.87. The molecule has 0 heterocycles. The molecule has 88 valence electrons. The molecule has 2 atom stereocenters. The summed E-state index contributed by atoms with van der Waals surface area (Å²) in [6.07, 6.45) is 3.56. The van der Waals surface area contributed by atoms with E-state index in [0.717, 1.165) is 0 Å². The van der Waals surface area contributed by atoms with E-state index in [1.807, 2.05) is 0 Å². The molecule has 1 amide bonds. The molecule has 1 rings (SSSR count). The molecule has 0 spiro atoms. The van der Waals surface area contributed by atoms with Crippen LogP contribution in [0.3, 0.4) is 0 Å². The minimum absolute atomic E-state index is 0.144. The number of nitrogens with one attached hydrogen (secondary N) is 1. The van der Waals surface area contributed by atoms with Crippen LogP contribution in [0.25, 0.3) is 0 Å². The van der Waals surface area contributed by atoms with E-state index < -0.39 is 23.5 Å². The van der Waals surface area contributed by atoms with Crippen LogP contribution < -0.4 is 5.32 Å². The summed E-state index contributed by atoms with van der Waals surface area (Å²) in [6, 6.07) is 0. The summed E-state index contributed by atoms with van der Waals surface area (Å²) in [6.45, 7) is 1.44. The lowest BCUT2D eigenvalue weighted by atomic mass is 9.79. The number of carbonyl (C=O) groups is 2. The molecule has 0 saturated heterocycles. The lowest BCUT2D eigenvalue weighted by molar-refractivity contribution is -0.143. The highest BCUT2D eigenvalue weighted by Gasteiger charge is 2.41. The number of carboxylic acid groups (broad SMARTS) is 2. The van der Waals surface area contributed by atoms with Gasteiger partial charge in [-0.05, 0) is 13.0 Å². The maximum Gasteiger partial charge on any atom is 0.405 e. The Morgan fingerprint density at radius 2 is 2.19 bits per heavy atom. The average Bonchev–Trinajstić information content (AvgIpc) is 2.15. The molecule has 0 aromatic heterocycles. The molecule has 6 heteroatoms. The van der Waals surface area contributed by atoms with Gasteiger partial charge in [0, 0.05) is 11.5 Å². The van der Waals surface area contributed by atoms with E-state index in [-0.39, 0.29) is 6.42 Å². The summed E-state index contributed by atoms with van der Waals surface area (Å²) >= 11 is 5.82. The molecule has 0 saturated carbocycles. The van der Waals surface area contributed by atoms with Crippen LogP contribution in [0, 0.1) is 5.92 Å². The molecule has 0 aromatic carbocycles. The molecule has 0 aliphatic heterocycles. The number of amides is 1. The monoisotopic (exact) mass is 245 g/mol. The first-order chi connectivity index (χ1) is 7.37. The molecule has 0 aromatic rings. The van der Waals surface area contributed by atoms with Crippen molar-refractivity contribution in [3.8, 4) is 0 Å². The van der Waals surface area contributed by atoms with Crippen molar-refractivity contribution in [3.63, 3.8) is 0 Å². The SMILES string of the molecule is CC(C(=O)O)C1(NC(=O)O)C=CC=C(Cl)C1. The smallest absolute Gasteiger partial charge is 0.405 e. The Hall–Kier alpha value is -1.49. The predicted molar refractivity (Wildman–Crippen MR) is 58.4 cm³/mol. The van der Waals surface area contributed by atoms with Crippen molar-refractivity contribution in [2.45, 2.75) is 18.9 Å². The highest BCUT2D eigenvalue weighted by molar-refractivity contribution is 6.29.